The van der Waals surface area contributed by atoms with Crippen molar-refractivity contribution in [2.75, 3.05) is 0 Å². The lowest BCUT2D eigenvalue weighted by Gasteiger charge is -2.18. The fourth-order valence-electron chi connectivity index (χ4n) is 2.84. The van der Waals surface area contributed by atoms with Crippen LogP contribution in [-0.2, 0) is 0 Å². The van der Waals surface area contributed by atoms with Gasteiger partial charge < -0.3 is 0 Å². The van der Waals surface area contributed by atoms with E-state index in [4.69, 9.17) is 0 Å². The summed E-state index contributed by atoms with van der Waals surface area (Å²) in [6.07, 6.45) is 13.2. The molecule has 18 heavy (non-hydrogen) atoms. The molecule has 1 aliphatic carbocycles. The maximum Gasteiger partial charge on any atom is -0.0196 e. The van der Waals surface area contributed by atoms with Gasteiger partial charge in [0.1, 0.15) is 0 Å². The van der Waals surface area contributed by atoms with E-state index in [9.17, 15) is 0 Å². The average Bonchev–Trinajstić information content (AvgIpc) is 2.40. The topological polar surface area (TPSA) is 0 Å². The van der Waals surface area contributed by atoms with Crippen molar-refractivity contribution < 1.29 is 0 Å². The molecule has 0 aliphatic heterocycles. The summed E-state index contributed by atoms with van der Waals surface area (Å²) in [6, 6.07) is 9.21. The molecular formula is C17H27P. The minimum absolute atomic E-state index is 0.964. The molecule has 1 saturated carbocycles. The van der Waals surface area contributed by atoms with Gasteiger partial charge in [-0.2, -0.15) is 0 Å². The van der Waals surface area contributed by atoms with E-state index in [0.29, 0.717) is 0 Å². The minimum atomic E-state index is 0.964. The van der Waals surface area contributed by atoms with Crippen LogP contribution in [0.25, 0.3) is 0 Å². The minimum Gasteiger partial charge on any atom is -0.0872 e. The molecule has 1 fully saturated rings. The highest BCUT2D eigenvalue weighted by Gasteiger charge is 2.10. The first-order chi connectivity index (χ1) is 8.84. The highest BCUT2D eigenvalue weighted by atomic mass is 31.1. The number of hydrogen-bond acceptors (Lipinski definition) is 0. The Balaban J connectivity index is 1.86. The fourth-order valence-corrected chi connectivity index (χ4v) is 4.37. The van der Waals surface area contributed by atoms with Crippen LogP contribution < -0.4 is 5.30 Å². The molecule has 0 saturated heterocycles. The molecule has 1 aliphatic rings. The quantitative estimate of drug-likeness (QED) is 0.643. The predicted molar refractivity (Wildman–Crippen MR) is 84.5 cm³/mol. The predicted octanol–water partition coefficient (Wildman–Crippen LogP) is 5.19. The Morgan fingerprint density at radius 1 is 0.778 bits per heavy atom. The monoisotopic (exact) mass is 262 g/mol. The van der Waals surface area contributed by atoms with E-state index in [-0.39, 0.29) is 0 Å². The summed E-state index contributed by atoms with van der Waals surface area (Å²) in [4.78, 5) is 0. The van der Waals surface area contributed by atoms with E-state index in [1.165, 1.54) is 63.4 Å². The van der Waals surface area contributed by atoms with Gasteiger partial charge >= 0.3 is 0 Å². The Labute approximate surface area is 114 Å². The first-order valence-electron chi connectivity index (χ1n) is 7.68. The first-order valence-corrected chi connectivity index (χ1v) is 8.75. The highest BCUT2D eigenvalue weighted by Crippen LogP contribution is 2.30. The van der Waals surface area contributed by atoms with E-state index in [1.54, 1.807) is 5.30 Å². The second-order valence-electron chi connectivity index (χ2n) is 5.76. The Morgan fingerprint density at radius 3 is 1.83 bits per heavy atom. The normalized spacial score (nSPS) is 20.3. The van der Waals surface area contributed by atoms with E-state index >= 15 is 0 Å². The Morgan fingerprint density at radius 2 is 1.28 bits per heavy atom. The lowest BCUT2D eigenvalue weighted by molar-refractivity contribution is 0.510. The van der Waals surface area contributed by atoms with Crippen molar-refractivity contribution in [2.24, 2.45) is 0 Å². The van der Waals surface area contributed by atoms with Gasteiger partial charge in [0.25, 0.3) is 0 Å². The standard InChI is InChI=1S/C17H27P/c1-15-11-13-17(14-12-15)18-16-9-7-5-3-2-4-6-8-10-16/h11-14,16,18H,2-10H2,1H3. The van der Waals surface area contributed by atoms with Crippen molar-refractivity contribution in [3.8, 4) is 0 Å². The van der Waals surface area contributed by atoms with Crippen molar-refractivity contribution in [1.82, 2.24) is 0 Å². The molecule has 1 heteroatoms. The maximum absolute atomic E-state index is 2.34. The van der Waals surface area contributed by atoms with Gasteiger partial charge in [-0.05, 0) is 30.7 Å². The summed E-state index contributed by atoms with van der Waals surface area (Å²) in [5, 5.41) is 1.57. The zero-order valence-corrected chi connectivity index (χ0v) is 12.8. The molecular weight excluding hydrogens is 235 g/mol. The van der Waals surface area contributed by atoms with Crippen LogP contribution in [0.15, 0.2) is 24.3 Å². The summed E-state index contributed by atoms with van der Waals surface area (Å²) in [6.45, 7) is 2.18. The molecule has 1 atom stereocenters. The van der Waals surface area contributed by atoms with E-state index in [0.717, 1.165) is 14.2 Å². The van der Waals surface area contributed by atoms with Crippen LogP contribution in [0.1, 0.15) is 63.4 Å². The third-order valence-electron chi connectivity index (χ3n) is 4.03. The molecule has 0 spiro atoms. The molecule has 0 aromatic heterocycles. The molecule has 100 valence electrons. The van der Waals surface area contributed by atoms with Gasteiger partial charge in [-0.3, -0.25) is 0 Å². The van der Waals surface area contributed by atoms with Gasteiger partial charge in [-0.25, -0.2) is 0 Å². The van der Waals surface area contributed by atoms with Crippen LogP contribution in [0.4, 0.5) is 0 Å². The van der Waals surface area contributed by atoms with Gasteiger partial charge in [0.15, 0.2) is 0 Å². The molecule has 1 aromatic carbocycles. The van der Waals surface area contributed by atoms with Crippen LogP contribution >= 0.6 is 8.58 Å². The third kappa shape index (κ3) is 5.11. The summed E-state index contributed by atoms with van der Waals surface area (Å²) >= 11 is 0. The summed E-state index contributed by atoms with van der Waals surface area (Å²) in [5.41, 5.74) is 2.35. The second kappa shape index (κ2) is 7.95. The van der Waals surface area contributed by atoms with Crippen molar-refractivity contribution in [2.45, 2.75) is 70.4 Å². The first kappa shape index (κ1) is 14.1. The Hall–Kier alpha value is -0.350. The molecule has 2 rings (SSSR count). The zero-order valence-electron chi connectivity index (χ0n) is 11.8. The number of rotatable bonds is 2. The zero-order chi connectivity index (χ0) is 12.6. The van der Waals surface area contributed by atoms with Crippen LogP contribution in [0.5, 0.6) is 0 Å². The van der Waals surface area contributed by atoms with Crippen LogP contribution in [0.2, 0.25) is 0 Å². The molecule has 0 radical (unpaired) electrons. The lowest BCUT2D eigenvalue weighted by atomic mass is 10.0. The average molecular weight is 262 g/mol. The van der Waals surface area contributed by atoms with Gasteiger partial charge in [0, 0.05) is 0 Å². The number of hydrogen-bond donors (Lipinski definition) is 0. The maximum atomic E-state index is 2.34. The van der Waals surface area contributed by atoms with Gasteiger partial charge in [0.2, 0.25) is 0 Å². The van der Waals surface area contributed by atoms with Gasteiger partial charge in [-0.15, -0.1) is 0 Å². The van der Waals surface area contributed by atoms with Crippen LogP contribution in [0.3, 0.4) is 0 Å². The van der Waals surface area contributed by atoms with Crippen LogP contribution in [0, 0.1) is 6.92 Å². The van der Waals surface area contributed by atoms with Gasteiger partial charge in [0.05, 0.1) is 0 Å². The fraction of sp³-hybridized carbons (Fsp3) is 0.647. The molecule has 1 unspecified atom stereocenters. The van der Waals surface area contributed by atoms with Crippen molar-refractivity contribution in [3.05, 3.63) is 29.8 Å². The summed E-state index contributed by atoms with van der Waals surface area (Å²) in [7, 11) is 1.04. The number of aryl methyl sites for hydroxylation is 1. The third-order valence-corrected chi connectivity index (χ3v) is 5.68. The van der Waals surface area contributed by atoms with Crippen LogP contribution in [-0.4, -0.2) is 5.66 Å². The van der Waals surface area contributed by atoms with E-state index in [2.05, 4.69) is 31.2 Å². The summed E-state index contributed by atoms with van der Waals surface area (Å²) < 4.78 is 0. The summed E-state index contributed by atoms with van der Waals surface area (Å²) in [5.74, 6) is 0. The van der Waals surface area contributed by atoms with Crippen molar-refractivity contribution in [1.29, 1.82) is 0 Å². The molecule has 0 nitrogen and oxygen atoms in total. The molecule has 0 heterocycles. The lowest BCUT2D eigenvalue weighted by Crippen LogP contribution is -2.08. The molecule has 0 N–H and O–H groups in total. The van der Waals surface area contributed by atoms with Crippen molar-refractivity contribution in [3.63, 3.8) is 0 Å². The Bertz CT molecular complexity index is 318. The molecule has 0 amide bonds. The smallest absolute Gasteiger partial charge is 0.0196 e. The Kier molecular flexibility index (Phi) is 6.21. The van der Waals surface area contributed by atoms with Gasteiger partial charge in [-0.1, -0.05) is 83.4 Å². The largest absolute Gasteiger partial charge is 0.0872 e. The van der Waals surface area contributed by atoms with E-state index in [1.807, 2.05) is 0 Å². The highest BCUT2D eigenvalue weighted by molar-refractivity contribution is 7.48. The van der Waals surface area contributed by atoms with Crippen molar-refractivity contribution >= 4 is 13.9 Å². The second-order valence-corrected chi connectivity index (χ2v) is 7.44. The number of benzene rings is 1. The van der Waals surface area contributed by atoms with E-state index < -0.39 is 0 Å². The molecule has 0 bridgehead atoms. The SMILES string of the molecule is Cc1ccc(PC2CCCCCCCCC2)cc1. The molecule has 1 aromatic rings.